The summed E-state index contributed by atoms with van der Waals surface area (Å²) in [6, 6.07) is 6.89. The molecule has 0 radical (unpaired) electrons. The minimum atomic E-state index is -0.146. The molecule has 0 aromatic heterocycles. The molecule has 4 nitrogen and oxygen atoms in total. The van der Waals surface area contributed by atoms with E-state index in [1.807, 2.05) is 0 Å². The van der Waals surface area contributed by atoms with Crippen molar-refractivity contribution in [1.82, 2.24) is 4.90 Å². The first-order valence-electron chi connectivity index (χ1n) is 9.34. The van der Waals surface area contributed by atoms with Crippen molar-refractivity contribution in [2.45, 2.75) is 63.7 Å². The maximum absolute atomic E-state index is 9.82. The molecule has 1 aliphatic carbocycles. The molecule has 1 saturated heterocycles. The summed E-state index contributed by atoms with van der Waals surface area (Å²) in [5, 5.41) is 9.82. The Hall–Kier alpha value is -1.10. The maximum atomic E-state index is 9.82. The third-order valence-electron chi connectivity index (χ3n) is 5.53. The molecule has 134 valence electrons. The predicted octanol–water partition coefficient (Wildman–Crippen LogP) is 2.94. The SMILES string of the molecule is COc1cc(CCO[C@@H]2CCCC[C@@H]2N2CC[C@H](O)C2)ccc1C. The van der Waals surface area contributed by atoms with Crippen LogP contribution in [0, 0.1) is 6.92 Å². The molecule has 1 heterocycles. The fourth-order valence-electron chi connectivity index (χ4n) is 4.11. The van der Waals surface area contributed by atoms with Crippen LogP contribution in [0.25, 0.3) is 0 Å². The largest absolute Gasteiger partial charge is 0.496 e. The summed E-state index contributed by atoms with van der Waals surface area (Å²) < 4.78 is 11.7. The van der Waals surface area contributed by atoms with E-state index in [1.165, 1.54) is 30.4 Å². The van der Waals surface area contributed by atoms with Crippen molar-refractivity contribution in [1.29, 1.82) is 0 Å². The Bertz CT molecular complexity index is 534. The van der Waals surface area contributed by atoms with E-state index in [-0.39, 0.29) is 6.10 Å². The van der Waals surface area contributed by atoms with Gasteiger partial charge in [-0.1, -0.05) is 25.0 Å². The van der Waals surface area contributed by atoms with Crippen molar-refractivity contribution in [2.24, 2.45) is 0 Å². The molecule has 0 unspecified atom stereocenters. The molecule has 0 bridgehead atoms. The summed E-state index contributed by atoms with van der Waals surface area (Å²) >= 11 is 0. The van der Waals surface area contributed by atoms with Crippen molar-refractivity contribution >= 4 is 0 Å². The second kappa shape index (κ2) is 8.32. The van der Waals surface area contributed by atoms with Crippen molar-refractivity contribution in [3.8, 4) is 5.75 Å². The lowest BCUT2D eigenvalue weighted by atomic mass is 9.91. The zero-order chi connectivity index (χ0) is 16.9. The second-order valence-corrected chi connectivity index (χ2v) is 7.25. The number of β-amino-alcohol motifs (C(OH)–C–C–N with tert-alkyl or cyclic N) is 1. The molecule has 1 aliphatic heterocycles. The molecule has 1 N–H and O–H groups in total. The molecule has 1 aromatic carbocycles. The molecule has 4 heteroatoms. The van der Waals surface area contributed by atoms with Crippen LogP contribution in [0.15, 0.2) is 18.2 Å². The van der Waals surface area contributed by atoms with Crippen molar-refractivity contribution < 1.29 is 14.6 Å². The molecule has 0 spiro atoms. The molecular weight excluding hydrogens is 302 g/mol. The van der Waals surface area contributed by atoms with Gasteiger partial charge in [0.25, 0.3) is 0 Å². The predicted molar refractivity (Wildman–Crippen MR) is 95.6 cm³/mol. The number of aliphatic hydroxyl groups is 1. The normalized spacial score (nSPS) is 28.2. The first kappa shape index (κ1) is 17.7. The third-order valence-corrected chi connectivity index (χ3v) is 5.53. The van der Waals surface area contributed by atoms with Gasteiger partial charge in [-0.2, -0.15) is 0 Å². The number of hydrogen-bond donors (Lipinski definition) is 1. The number of aliphatic hydroxyl groups excluding tert-OH is 1. The lowest BCUT2D eigenvalue weighted by Gasteiger charge is -2.37. The Balaban J connectivity index is 1.52. The Labute approximate surface area is 145 Å². The molecule has 1 aromatic rings. The van der Waals surface area contributed by atoms with Gasteiger partial charge < -0.3 is 14.6 Å². The third kappa shape index (κ3) is 4.29. The van der Waals surface area contributed by atoms with Crippen LogP contribution in [0.4, 0.5) is 0 Å². The van der Waals surface area contributed by atoms with Crippen LogP contribution in [0.2, 0.25) is 0 Å². The van der Waals surface area contributed by atoms with Crippen LogP contribution in [-0.2, 0) is 11.2 Å². The summed E-state index contributed by atoms with van der Waals surface area (Å²) in [5.41, 5.74) is 2.43. The fourth-order valence-corrected chi connectivity index (χ4v) is 4.11. The van der Waals surface area contributed by atoms with E-state index >= 15 is 0 Å². The van der Waals surface area contributed by atoms with Crippen molar-refractivity contribution in [3.63, 3.8) is 0 Å². The summed E-state index contributed by atoms with van der Waals surface area (Å²) in [7, 11) is 1.72. The highest BCUT2D eigenvalue weighted by molar-refractivity contribution is 5.36. The number of aryl methyl sites for hydroxylation is 1. The van der Waals surface area contributed by atoms with Gasteiger partial charge in [0.15, 0.2) is 0 Å². The molecule has 2 aliphatic rings. The van der Waals surface area contributed by atoms with Gasteiger partial charge in [0, 0.05) is 19.1 Å². The topological polar surface area (TPSA) is 41.9 Å². The summed E-state index contributed by atoms with van der Waals surface area (Å²) in [6.45, 7) is 4.65. The summed E-state index contributed by atoms with van der Waals surface area (Å²) in [5.74, 6) is 0.953. The zero-order valence-corrected chi connectivity index (χ0v) is 15.0. The van der Waals surface area contributed by atoms with Gasteiger partial charge in [-0.15, -0.1) is 0 Å². The van der Waals surface area contributed by atoms with Crippen LogP contribution >= 0.6 is 0 Å². The van der Waals surface area contributed by atoms with E-state index < -0.39 is 0 Å². The Morgan fingerprint density at radius 3 is 2.79 bits per heavy atom. The Morgan fingerprint density at radius 2 is 2.04 bits per heavy atom. The van der Waals surface area contributed by atoms with Gasteiger partial charge in [-0.25, -0.2) is 0 Å². The van der Waals surface area contributed by atoms with Gasteiger partial charge in [0.05, 0.1) is 25.9 Å². The number of hydrogen-bond acceptors (Lipinski definition) is 4. The van der Waals surface area contributed by atoms with E-state index in [1.54, 1.807) is 7.11 Å². The van der Waals surface area contributed by atoms with Gasteiger partial charge in [0.2, 0.25) is 0 Å². The highest BCUT2D eigenvalue weighted by atomic mass is 16.5. The highest BCUT2D eigenvalue weighted by Gasteiger charge is 2.34. The Morgan fingerprint density at radius 1 is 1.21 bits per heavy atom. The minimum Gasteiger partial charge on any atom is -0.496 e. The maximum Gasteiger partial charge on any atom is 0.122 e. The molecule has 3 rings (SSSR count). The lowest BCUT2D eigenvalue weighted by molar-refractivity contribution is -0.0316. The number of likely N-dealkylation sites (tertiary alicyclic amines) is 1. The smallest absolute Gasteiger partial charge is 0.122 e. The van der Waals surface area contributed by atoms with Crippen molar-refractivity contribution in [2.75, 3.05) is 26.8 Å². The number of benzene rings is 1. The average Bonchev–Trinajstić information content (AvgIpc) is 3.03. The molecule has 1 saturated carbocycles. The van der Waals surface area contributed by atoms with E-state index in [4.69, 9.17) is 9.47 Å². The molecular formula is C20H31NO3. The van der Waals surface area contributed by atoms with Crippen molar-refractivity contribution in [3.05, 3.63) is 29.3 Å². The van der Waals surface area contributed by atoms with Crippen LogP contribution in [0.3, 0.4) is 0 Å². The minimum absolute atomic E-state index is 0.146. The van der Waals surface area contributed by atoms with E-state index in [2.05, 4.69) is 30.0 Å². The van der Waals surface area contributed by atoms with Crippen LogP contribution in [-0.4, -0.2) is 55.1 Å². The van der Waals surface area contributed by atoms with E-state index in [0.29, 0.717) is 12.1 Å². The van der Waals surface area contributed by atoms with Crippen LogP contribution in [0.5, 0.6) is 5.75 Å². The lowest BCUT2D eigenvalue weighted by Crippen LogP contribution is -2.46. The van der Waals surface area contributed by atoms with E-state index in [0.717, 1.165) is 44.7 Å². The quantitative estimate of drug-likeness (QED) is 0.869. The first-order chi connectivity index (χ1) is 11.7. The summed E-state index contributed by atoms with van der Waals surface area (Å²) in [6.07, 6.45) is 6.89. The van der Waals surface area contributed by atoms with Crippen LogP contribution < -0.4 is 4.74 Å². The van der Waals surface area contributed by atoms with Gasteiger partial charge >= 0.3 is 0 Å². The number of ether oxygens (including phenoxy) is 2. The second-order valence-electron chi connectivity index (χ2n) is 7.25. The van der Waals surface area contributed by atoms with Gasteiger partial charge in [-0.3, -0.25) is 4.90 Å². The first-order valence-corrected chi connectivity index (χ1v) is 9.34. The molecule has 0 amide bonds. The van der Waals surface area contributed by atoms with Gasteiger partial charge in [0.1, 0.15) is 5.75 Å². The zero-order valence-electron chi connectivity index (χ0n) is 15.0. The number of nitrogens with zero attached hydrogens (tertiary/aromatic N) is 1. The van der Waals surface area contributed by atoms with Crippen LogP contribution in [0.1, 0.15) is 43.2 Å². The Kier molecular flexibility index (Phi) is 6.14. The highest BCUT2D eigenvalue weighted by Crippen LogP contribution is 2.28. The monoisotopic (exact) mass is 333 g/mol. The molecule has 3 atom stereocenters. The average molecular weight is 333 g/mol. The molecule has 24 heavy (non-hydrogen) atoms. The van der Waals surface area contributed by atoms with Gasteiger partial charge in [-0.05, 0) is 49.8 Å². The fraction of sp³-hybridized carbons (Fsp3) is 0.700. The van der Waals surface area contributed by atoms with E-state index in [9.17, 15) is 5.11 Å². The standard InChI is InChI=1S/C20H31NO3/c1-15-7-8-16(13-20(15)23-2)10-12-24-19-6-4-3-5-18(19)21-11-9-17(22)14-21/h7-8,13,17-19,22H,3-6,9-12,14H2,1-2H3/t17-,18-,19+/m0/s1. The number of methoxy groups -OCH3 is 1. The summed E-state index contributed by atoms with van der Waals surface area (Å²) in [4.78, 5) is 2.45. The number of rotatable bonds is 6. The molecule has 2 fully saturated rings.